The third kappa shape index (κ3) is 3.34. The van der Waals surface area contributed by atoms with Crippen molar-refractivity contribution in [1.82, 2.24) is 14.8 Å². The van der Waals surface area contributed by atoms with Crippen molar-refractivity contribution in [1.29, 1.82) is 0 Å². The summed E-state index contributed by atoms with van der Waals surface area (Å²) in [4.78, 5) is 4.06. The molecule has 0 fully saturated rings. The highest BCUT2D eigenvalue weighted by atomic mass is 16.5. The van der Waals surface area contributed by atoms with Crippen LogP contribution in [0.4, 0.5) is 0 Å². The number of pyridine rings is 1. The fraction of sp³-hybridized carbons (Fsp3) is 0.222. The van der Waals surface area contributed by atoms with Gasteiger partial charge in [-0.2, -0.15) is 5.10 Å². The summed E-state index contributed by atoms with van der Waals surface area (Å²) in [5.74, 6) is 0.755. The lowest BCUT2D eigenvalue weighted by Gasteiger charge is -2.04. The van der Waals surface area contributed by atoms with Crippen molar-refractivity contribution in [2.75, 3.05) is 0 Å². The predicted octanol–water partition coefficient (Wildman–Crippen LogP) is 4.22. The van der Waals surface area contributed by atoms with Gasteiger partial charge in [0.05, 0.1) is 11.4 Å². The van der Waals surface area contributed by atoms with Crippen molar-refractivity contribution < 1.29 is 4.74 Å². The molecule has 4 nitrogen and oxygen atoms in total. The first-order valence-electron chi connectivity index (χ1n) is 7.24. The summed E-state index contributed by atoms with van der Waals surface area (Å²) < 4.78 is 7.64. The first-order chi connectivity index (χ1) is 10.7. The summed E-state index contributed by atoms with van der Waals surface area (Å²) in [7, 11) is 0. The van der Waals surface area contributed by atoms with Gasteiger partial charge in [-0.15, -0.1) is 0 Å². The number of hydrogen-bond donors (Lipinski definition) is 0. The van der Waals surface area contributed by atoms with E-state index in [1.165, 1.54) is 0 Å². The Hall–Kier alpha value is -2.62. The van der Waals surface area contributed by atoms with Gasteiger partial charge in [-0.1, -0.05) is 12.7 Å². The van der Waals surface area contributed by atoms with Crippen molar-refractivity contribution >= 4 is 6.08 Å². The highest BCUT2D eigenvalue weighted by molar-refractivity contribution is 5.54. The molecule has 0 aliphatic carbocycles. The lowest BCUT2D eigenvalue weighted by Crippen LogP contribution is -2.00. The zero-order valence-electron chi connectivity index (χ0n) is 13.3. The van der Waals surface area contributed by atoms with Crippen LogP contribution in [-0.4, -0.2) is 14.8 Å². The highest BCUT2D eigenvalue weighted by Crippen LogP contribution is 2.21. The zero-order valence-corrected chi connectivity index (χ0v) is 13.3. The lowest BCUT2D eigenvalue weighted by atomic mass is 10.2. The van der Waals surface area contributed by atoms with Crippen LogP contribution in [0, 0.1) is 6.92 Å². The smallest absolute Gasteiger partial charge is 0.132 e. The second-order valence-corrected chi connectivity index (χ2v) is 4.76. The molecule has 4 heteroatoms. The summed E-state index contributed by atoms with van der Waals surface area (Å²) in [6, 6.07) is 3.87. The number of rotatable bonds is 6. The summed E-state index contributed by atoms with van der Waals surface area (Å²) in [5.41, 5.74) is 4.04. The van der Waals surface area contributed by atoms with E-state index in [1.54, 1.807) is 18.5 Å². The number of aromatic nitrogens is 3. The molecule has 2 aromatic rings. The second kappa shape index (κ2) is 7.41. The summed E-state index contributed by atoms with van der Waals surface area (Å²) >= 11 is 0. The van der Waals surface area contributed by atoms with Gasteiger partial charge in [0.25, 0.3) is 0 Å². The Balaban J connectivity index is 2.39. The van der Waals surface area contributed by atoms with Crippen LogP contribution in [0.25, 0.3) is 11.8 Å². The van der Waals surface area contributed by atoms with E-state index in [2.05, 4.69) is 24.6 Å². The van der Waals surface area contributed by atoms with Gasteiger partial charge >= 0.3 is 0 Å². The molecule has 22 heavy (non-hydrogen) atoms. The molecule has 0 aliphatic heterocycles. The third-order valence-electron chi connectivity index (χ3n) is 3.36. The molecule has 0 radical (unpaired) electrons. The third-order valence-corrected chi connectivity index (χ3v) is 3.36. The number of nitrogens with zero attached hydrogens (tertiary/aromatic N) is 3. The average Bonchev–Trinajstić information content (AvgIpc) is 2.87. The maximum atomic E-state index is 5.72. The first-order valence-corrected chi connectivity index (χ1v) is 7.24. The van der Waals surface area contributed by atoms with Crippen molar-refractivity contribution in [3.8, 4) is 5.69 Å². The Morgan fingerprint density at radius 1 is 1.32 bits per heavy atom. The van der Waals surface area contributed by atoms with Crippen molar-refractivity contribution in [3.05, 3.63) is 72.0 Å². The number of hydrogen-bond acceptors (Lipinski definition) is 3. The maximum Gasteiger partial charge on any atom is 0.132 e. The van der Waals surface area contributed by atoms with E-state index in [0.717, 1.165) is 28.4 Å². The predicted molar refractivity (Wildman–Crippen MR) is 89.5 cm³/mol. The average molecular weight is 295 g/mol. The molecule has 2 aromatic heterocycles. The van der Waals surface area contributed by atoms with Crippen LogP contribution in [0.3, 0.4) is 0 Å². The Labute approximate surface area is 131 Å². The zero-order chi connectivity index (χ0) is 15.9. The molecule has 0 N–H and O–H groups in total. The van der Waals surface area contributed by atoms with E-state index in [0.29, 0.717) is 6.61 Å². The minimum atomic E-state index is 0.417. The fourth-order valence-corrected chi connectivity index (χ4v) is 2.14. The second-order valence-electron chi connectivity index (χ2n) is 4.76. The van der Waals surface area contributed by atoms with E-state index < -0.39 is 0 Å². The highest BCUT2D eigenvalue weighted by Gasteiger charge is 2.14. The molecular weight excluding hydrogens is 274 g/mol. The first kappa shape index (κ1) is 15.8. The quantitative estimate of drug-likeness (QED) is 0.592. The molecule has 0 unspecified atom stereocenters. The molecule has 114 valence electrons. The number of allylic oxidation sites excluding steroid dienone is 3. The summed E-state index contributed by atoms with van der Waals surface area (Å²) in [5, 5.41) is 4.69. The molecule has 0 saturated heterocycles. The van der Waals surface area contributed by atoms with E-state index >= 15 is 0 Å². The molecule has 0 aliphatic rings. The minimum Gasteiger partial charge on any atom is -0.488 e. The molecule has 2 rings (SSSR count). The summed E-state index contributed by atoms with van der Waals surface area (Å²) in [6.45, 7) is 10.1. The van der Waals surface area contributed by atoms with Crippen molar-refractivity contribution in [3.63, 3.8) is 0 Å². The van der Waals surface area contributed by atoms with E-state index in [4.69, 9.17) is 9.84 Å². The van der Waals surface area contributed by atoms with Crippen LogP contribution < -0.4 is 0 Å². The van der Waals surface area contributed by atoms with Gasteiger partial charge in [-0.3, -0.25) is 4.98 Å². The van der Waals surface area contributed by atoms with Crippen LogP contribution in [0.15, 0.2) is 55.1 Å². The monoisotopic (exact) mass is 295 g/mol. The maximum absolute atomic E-state index is 5.72. The SMILES string of the molecule is C=C/C(=C\C)OCc1nn(-c2ccncc2)c(/C=C\C)c1C. The molecule has 0 atom stereocenters. The fourth-order valence-electron chi connectivity index (χ4n) is 2.14. The van der Waals surface area contributed by atoms with Gasteiger partial charge in [0.2, 0.25) is 0 Å². The molecule has 2 heterocycles. The largest absolute Gasteiger partial charge is 0.488 e. The molecule has 0 bridgehead atoms. The van der Waals surface area contributed by atoms with Crippen LogP contribution in [0.2, 0.25) is 0 Å². The lowest BCUT2D eigenvalue weighted by molar-refractivity contribution is 0.206. The van der Waals surface area contributed by atoms with Crippen LogP contribution in [0.5, 0.6) is 0 Å². The van der Waals surface area contributed by atoms with Gasteiger partial charge in [0, 0.05) is 18.0 Å². The standard InChI is InChI=1S/C18H21N3O/c1-5-8-18-14(4)17(13-22-16(6-2)7-3)20-21(18)15-9-11-19-12-10-15/h5-12H,2,13H2,1,3-4H3/b8-5-,16-7+. The molecule has 0 amide bonds. The van der Waals surface area contributed by atoms with E-state index in [1.807, 2.05) is 42.8 Å². The van der Waals surface area contributed by atoms with Crippen molar-refractivity contribution in [2.45, 2.75) is 27.4 Å². The Kier molecular flexibility index (Phi) is 5.31. The summed E-state index contributed by atoms with van der Waals surface area (Å²) in [6.07, 6.45) is 11.2. The normalized spacial score (nSPS) is 11.9. The molecule has 0 saturated carbocycles. The molecule has 0 aromatic carbocycles. The van der Waals surface area contributed by atoms with E-state index in [-0.39, 0.29) is 0 Å². The van der Waals surface area contributed by atoms with Crippen LogP contribution in [0.1, 0.15) is 30.8 Å². The van der Waals surface area contributed by atoms with Crippen LogP contribution in [-0.2, 0) is 11.3 Å². The van der Waals surface area contributed by atoms with Gasteiger partial charge < -0.3 is 4.74 Å². The van der Waals surface area contributed by atoms with Gasteiger partial charge in [-0.25, -0.2) is 4.68 Å². The molecular formula is C18H21N3O. The van der Waals surface area contributed by atoms with Gasteiger partial charge in [0.1, 0.15) is 18.1 Å². The van der Waals surface area contributed by atoms with Crippen molar-refractivity contribution in [2.24, 2.45) is 0 Å². The minimum absolute atomic E-state index is 0.417. The van der Waals surface area contributed by atoms with Gasteiger partial charge in [-0.05, 0) is 51.1 Å². The van der Waals surface area contributed by atoms with Crippen LogP contribution >= 0.6 is 0 Å². The molecule has 0 spiro atoms. The Morgan fingerprint density at radius 3 is 2.64 bits per heavy atom. The Morgan fingerprint density at radius 2 is 2.05 bits per heavy atom. The topological polar surface area (TPSA) is 39.9 Å². The van der Waals surface area contributed by atoms with Gasteiger partial charge in [0.15, 0.2) is 0 Å². The Bertz CT molecular complexity index is 697. The number of ether oxygens (including phenoxy) is 1. The van der Waals surface area contributed by atoms with E-state index in [9.17, 15) is 0 Å².